The molecule has 19 heavy (non-hydrogen) atoms. The van der Waals surface area contributed by atoms with Gasteiger partial charge in [0.25, 0.3) is 0 Å². The fraction of sp³-hybridized carbons (Fsp3) is 0.467. The fourth-order valence-corrected chi connectivity index (χ4v) is 2.61. The second-order valence-corrected chi connectivity index (χ2v) is 5.18. The van der Waals surface area contributed by atoms with Crippen LogP contribution in [0.1, 0.15) is 36.8 Å². The largest absolute Gasteiger partial charge is 0.481 e. The highest BCUT2D eigenvalue weighted by molar-refractivity contribution is 5.70. The molecule has 1 aliphatic carbocycles. The van der Waals surface area contributed by atoms with E-state index in [9.17, 15) is 4.79 Å². The summed E-state index contributed by atoms with van der Waals surface area (Å²) < 4.78 is 0. The molecule has 2 unspecified atom stereocenters. The molecule has 1 saturated carbocycles. The van der Waals surface area contributed by atoms with Gasteiger partial charge < -0.3 is 10.4 Å². The molecule has 1 aliphatic rings. The number of carboxylic acid groups (broad SMARTS) is 1. The number of nitriles is 1. The molecule has 2 atom stereocenters. The maximum Gasteiger partial charge on any atom is 0.306 e. The lowest BCUT2D eigenvalue weighted by atomic mass is 9.85. The van der Waals surface area contributed by atoms with E-state index in [1.54, 1.807) is 6.07 Å². The molecule has 1 fully saturated rings. The van der Waals surface area contributed by atoms with Crippen LogP contribution in [0.25, 0.3) is 0 Å². The summed E-state index contributed by atoms with van der Waals surface area (Å²) >= 11 is 0. The number of nitrogens with zero attached hydrogens (tertiary/aromatic N) is 1. The van der Waals surface area contributed by atoms with Crippen molar-refractivity contribution in [3.63, 3.8) is 0 Å². The molecule has 4 heteroatoms. The van der Waals surface area contributed by atoms with E-state index in [0.717, 1.165) is 30.5 Å². The molecule has 100 valence electrons. The molecule has 4 nitrogen and oxygen atoms in total. The third kappa shape index (κ3) is 3.25. The van der Waals surface area contributed by atoms with E-state index in [1.165, 1.54) is 0 Å². The molecular weight excluding hydrogens is 240 g/mol. The Hall–Kier alpha value is -2.02. The van der Waals surface area contributed by atoms with Crippen molar-refractivity contribution in [1.29, 1.82) is 5.26 Å². The molecule has 0 radical (unpaired) electrons. The van der Waals surface area contributed by atoms with Crippen LogP contribution >= 0.6 is 0 Å². The minimum Gasteiger partial charge on any atom is -0.481 e. The number of rotatable bonds is 3. The lowest BCUT2D eigenvalue weighted by Crippen LogP contribution is -2.31. The van der Waals surface area contributed by atoms with E-state index in [4.69, 9.17) is 10.4 Å². The summed E-state index contributed by atoms with van der Waals surface area (Å²) in [7, 11) is 0. The van der Waals surface area contributed by atoms with E-state index >= 15 is 0 Å². The Labute approximate surface area is 113 Å². The predicted molar refractivity (Wildman–Crippen MR) is 72.9 cm³/mol. The number of carboxylic acids is 1. The van der Waals surface area contributed by atoms with Gasteiger partial charge in [0.1, 0.15) is 0 Å². The molecule has 0 aromatic heterocycles. The SMILES string of the molecule is Cc1ccc(C#N)cc1NC1CCCC(C(=O)O)C1. The van der Waals surface area contributed by atoms with Crippen molar-refractivity contribution in [2.24, 2.45) is 5.92 Å². The summed E-state index contributed by atoms with van der Waals surface area (Å²) in [6, 6.07) is 7.85. The van der Waals surface area contributed by atoms with Gasteiger partial charge in [-0.05, 0) is 43.9 Å². The van der Waals surface area contributed by atoms with Crippen molar-refractivity contribution in [1.82, 2.24) is 0 Å². The van der Waals surface area contributed by atoms with Crippen LogP contribution in [0.4, 0.5) is 5.69 Å². The minimum atomic E-state index is -0.700. The minimum absolute atomic E-state index is 0.183. The summed E-state index contributed by atoms with van der Waals surface area (Å²) in [6.07, 6.45) is 3.35. The van der Waals surface area contributed by atoms with Crippen LogP contribution in [0, 0.1) is 24.2 Å². The Balaban J connectivity index is 2.08. The maximum absolute atomic E-state index is 11.0. The fourth-order valence-electron chi connectivity index (χ4n) is 2.61. The quantitative estimate of drug-likeness (QED) is 0.874. The Bertz CT molecular complexity index is 519. The highest BCUT2D eigenvalue weighted by Gasteiger charge is 2.26. The zero-order valence-corrected chi connectivity index (χ0v) is 11.0. The van der Waals surface area contributed by atoms with E-state index in [-0.39, 0.29) is 12.0 Å². The third-order valence-electron chi connectivity index (χ3n) is 3.75. The lowest BCUT2D eigenvalue weighted by molar-refractivity contribution is -0.142. The van der Waals surface area contributed by atoms with Gasteiger partial charge in [-0.25, -0.2) is 0 Å². The first kappa shape index (κ1) is 13.4. The summed E-state index contributed by atoms with van der Waals surface area (Å²) in [5, 5.41) is 21.4. The van der Waals surface area contributed by atoms with Crippen molar-refractivity contribution in [2.45, 2.75) is 38.6 Å². The van der Waals surface area contributed by atoms with E-state index in [0.29, 0.717) is 12.0 Å². The number of hydrogen-bond donors (Lipinski definition) is 2. The van der Waals surface area contributed by atoms with Gasteiger partial charge in [0.15, 0.2) is 0 Å². The smallest absolute Gasteiger partial charge is 0.306 e. The summed E-state index contributed by atoms with van der Waals surface area (Å²) in [5.74, 6) is -0.945. The first-order chi connectivity index (χ1) is 9.10. The van der Waals surface area contributed by atoms with Crippen LogP contribution in [0.15, 0.2) is 18.2 Å². The molecular formula is C15H18N2O2. The van der Waals surface area contributed by atoms with Crippen LogP contribution in [0.2, 0.25) is 0 Å². The number of carbonyl (C=O) groups is 1. The molecule has 0 spiro atoms. The predicted octanol–water partition coefficient (Wildman–Crippen LogP) is 2.92. The molecule has 0 bridgehead atoms. The van der Waals surface area contributed by atoms with Crippen LogP contribution in [0.3, 0.4) is 0 Å². The van der Waals surface area contributed by atoms with Gasteiger partial charge in [-0.3, -0.25) is 4.79 Å². The van der Waals surface area contributed by atoms with E-state index < -0.39 is 5.97 Å². The van der Waals surface area contributed by atoms with Crippen LogP contribution < -0.4 is 5.32 Å². The van der Waals surface area contributed by atoms with Crippen molar-refractivity contribution < 1.29 is 9.90 Å². The van der Waals surface area contributed by atoms with Gasteiger partial charge in [0.05, 0.1) is 17.6 Å². The average molecular weight is 258 g/mol. The van der Waals surface area contributed by atoms with Gasteiger partial charge in [0.2, 0.25) is 0 Å². The maximum atomic E-state index is 11.0. The van der Waals surface area contributed by atoms with Crippen molar-refractivity contribution >= 4 is 11.7 Å². The number of hydrogen-bond acceptors (Lipinski definition) is 3. The zero-order valence-electron chi connectivity index (χ0n) is 11.0. The van der Waals surface area contributed by atoms with Crippen molar-refractivity contribution in [3.05, 3.63) is 29.3 Å². The Morgan fingerprint density at radius 1 is 1.47 bits per heavy atom. The summed E-state index contributed by atoms with van der Waals surface area (Å²) in [4.78, 5) is 11.0. The number of benzene rings is 1. The van der Waals surface area contributed by atoms with Gasteiger partial charge in [-0.1, -0.05) is 12.5 Å². The van der Waals surface area contributed by atoms with Crippen LogP contribution in [0.5, 0.6) is 0 Å². The second-order valence-electron chi connectivity index (χ2n) is 5.18. The zero-order chi connectivity index (χ0) is 13.8. The standard InChI is InChI=1S/C15H18N2O2/c1-10-5-6-11(9-16)7-14(10)17-13-4-2-3-12(8-13)15(18)19/h5-7,12-13,17H,2-4,8H2,1H3,(H,18,19). The summed E-state index contributed by atoms with van der Waals surface area (Å²) in [5.41, 5.74) is 2.64. The van der Waals surface area contributed by atoms with Gasteiger partial charge in [0, 0.05) is 11.7 Å². The Kier molecular flexibility index (Phi) is 4.06. The first-order valence-electron chi connectivity index (χ1n) is 6.60. The number of nitrogens with one attached hydrogen (secondary N) is 1. The molecule has 0 aliphatic heterocycles. The van der Waals surface area contributed by atoms with E-state index in [2.05, 4.69) is 11.4 Å². The van der Waals surface area contributed by atoms with E-state index in [1.807, 2.05) is 19.1 Å². The third-order valence-corrected chi connectivity index (χ3v) is 3.75. The molecule has 1 aromatic rings. The van der Waals surface area contributed by atoms with Gasteiger partial charge in [-0.2, -0.15) is 5.26 Å². The van der Waals surface area contributed by atoms with Crippen molar-refractivity contribution in [3.8, 4) is 6.07 Å². The topological polar surface area (TPSA) is 73.1 Å². The molecule has 2 rings (SSSR count). The van der Waals surface area contributed by atoms with Crippen molar-refractivity contribution in [2.75, 3.05) is 5.32 Å². The molecule has 0 heterocycles. The van der Waals surface area contributed by atoms with Crippen LogP contribution in [-0.4, -0.2) is 17.1 Å². The summed E-state index contributed by atoms with van der Waals surface area (Å²) in [6.45, 7) is 1.99. The average Bonchev–Trinajstić information content (AvgIpc) is 2.41. The second kappa shape index (κ2) is 5.75. The first-order valence-corrected chi connectivity index (χ1v) is 6.60. The van der Waals surface area contributed by atoms with Gasteiger partial charge in [-0.15, -0.1) is 0 Å². The lowest BCUT2D eigenvalue weighted by Gasteiger charge is -2.28. The number of aryl methyl sites for hydroxylation is 1. The highest BCUT2D eigenvalue weighted by atomic mass is 16.4. The molecule has 2 N–H and O–H groups in total. The molecule has 1 aromatic carbocycles. The normalized spacial score (nSPS) is 22.5. The van der Waals surface area contributed by atoms with Crippen LogP contribution in [-0.2, 0) is 4.79 Å². The number of anilines is 1. The molecule has 0 amide bonds. The number of aliphatic carboxylic acids is 1. The Morgan fingerprint density at radius 2 is 2.26 bits per heavy atom. The molecule has 0 saturated heterocycles. The monoisotopic (exact) mass is 258 g/mol. The highest BCUT2D eigenvalue weighted by Crippen LogP contribution is 2.28. The Morgan fingerprint density at radius 3 is 2.95 bits per heavy atom. The van der Waals surface area contributed by atoms with Gasteiger partial charge >= 0.3 is 5.97 Å².